The highest BCUT2D eigenvalue weighted by Crippen LogP contribution is 2.39. The maximum Gasteiger partial charge on any atom is 0.221 e. The number of fused-ring (bicyclic) bond motifs is 1. The third kappa shape index (κ3) is 5.62. The van der Waals surface area contributed by atoms with Crippen LogP contribution in [-0.2, 0) is 5.72 Å². The molecule has 3 heterocycles. The normalized spacial score (nSPS) is 16.4. The zero-order chi connectivity index (χ0) is 30.0. The lowest BCUT2D eigenvalue weighted by molar-refractivity contribution is 0.0936. The smallest absolute Gasteiger partial charge is 0.221 e. The number of nitrogens with one attached hydrogen (secondary N) is 4. The molecule has 1 fully saturated rings. The van der Waals surface area contributed by atoms with E-state index in [4.69, 9.17) is 11.6 Å². The lowest BCUT2D eigenvalue weighted by atomic mass is 9.99. The SMILES string of the molecule is N#CCC[C@@H](Nc1c(C#N)cnc2c(Cl)cc(NC(O)(C3=CN(C4CC4)NN3)c3cccnc3F)cc12)c1ccccc1. The average molecular weight is 596 g/mol. The van der Waals surface area contributed by atoms with Crippen LogP contribution in [-0.4, -0.2) is 26.1 Å². The van der Waals surface area contributed by atoms with E-state index in [9.17, 15) is 15.6 Å². The van der Waals surface area contributed by atoms with Gasteiger partial charge in [0.05, 0.1) is 39.5 Å². The molecule has 216 valence electrons. The molecule has 2 aromatic carbocycles. The fourth-order valence-corrected chi connectivity index (χ4v) is 5.44. The Balaban J connectivity index is 1.45. The van der Waals surface area contributed by atoms with E-state index in [0.717, 1.165) is 18.4 Å². The van der Waals surface area contributed by atoms with Gasteiger partial charge in [-0.05, 0) is 49.1 Å². The zero-order valence-corrected chi connectivity index (χ0v) is 23.6. The molecule has 0 radical (unpaired) electrons. The van der Waals surface area contributed by atoms with Gasteiger partial charge in [0.1, 0.15) is 11.8 Å². The van der Waals surface area contributed by atoms with Crippen LogP contribution >= 0.6 is 11.6 Å². The average Bonchev–Trinajstić information content (AvgIpc) is 3.75. The number of hydrogen-bond donors (Lipinski definition) is 5. The number of hydrazine groups is 2. The lowest BCUT2D eigenvalue weighted by Gasteiger charge is -2.31. The molecule has 2 atom stereocenters. The summed E-state index contributed by atoms with van der Waals surface area (Å²) in [5.41, 5.74) is 6.50. The number of anilines is 2. The fourth-order valence-electron chi connectivity index (χ4n) is 5.17. The van der Waals surface area contributed by atoms with Crippen LogP contribution in [0.1, 0.15) is 48.4 Å². The van der Waals surface area contributed by atoms with E-state index < -0.39 is 11.7 Å². The van der Waals surface area contributed by atoms with Crippen LogP contribution in [0.15, 0.2) is 78.9 Å². The molecule has 1 aliphatic carbocycles. The molecule has 12 heteroatoms. The van der Waals surface area contributed by atoms with Gasteiger partial charge < -0.3 is 21.2 Å². The molecule has 0 bridgehead atoms. The van der Waals surface area contributed by atoms with Gasteiger partial charge in [0.15, 0.2) is 0 Å². The largest absolute Gasteiger partial charge is 0.377 e. The highest BCUT2D eigenvalue weighted by molar-refractivity contribution is 6.35. The first-order valence-corrected chi connectivity index (χ1v) is 14.1. The minimum Gasteiger partial charge on any atom is -0.377 e. The fraction of sp³-hybridized carbons (Fsp3) is 0.226. The summed E-state index contributed by atoms with van der Waals surface area (Å²) in [5, 5.41) is 40.5. The summed E-state index contributed by atoms with van der Waals surface area (Å²) in [6.07, 6.45) is 7.22. The molecular weight excluding hydrogens is 569 g/mol. The number of rotatable bonds is 10. The van der Waals surface area contributed by atoms with Crippen molar-refractivity contribution in [3.05, 3.63) is 107 Å². The molecule has 0 spiro atoms. The second-order valence-corrected chi connectivity index (χ2v) is 10.8. The number of hydrogen-bond acceptors (Lipinski definition) is 10. The molecule has 2 aliphatic rings. The Morgan fingerprint density at radius 1 is 1.16 bits per heavy atom. The summed E-state index contributed by atoms with van der Waals surface area (Å²) in [6.45, 7) is 0. The maximum atomic E-state index is 15.1. The predicted molar refractivity (Wildman–Crippen MR) is 160 cm³/mol. The van der Waals surface area contributed by atoms with Crippen LogP contribution in [0.3, 0.4) is 0 Å². The molecule has 1 saturated carbocycles. The van der Waals surface area contributed by atoms with Gasteiger partial charge in [-0.25, -0.2) is 4.98 Å². The van der Waals surface area contributed by atoms with Crippen LogP contribution in [0.5, 0.6) is 0 Å². The van der Waals surface area contributed by atoms with Crippen molar-refractivity contribution in [3.8, 4) is 12.1 Å². The summed E-state index contributed by atoms with van der Waals surface area (Å²) in [5.74, 6) is -0.851. The molecule has 2 aromatic heterocycles. The van der Waals surface area contributed by atoms with Crippen molar-refractivity contribution in [2.45, 2.75) is 43.5 Å². The first-order chi connectivity index (χ1) is 20.9. The second-order valence-electron chi connectivity index (χ2n) is 10.4. The molecule has 1 unspecified atom stereocenters. The third-order valence-electron chi connectivity index (χ3n) is 7.50. The van der Waals surface area contributed by atoms with E-state index in [1.807, 2.05) is 35.3 Å². The van der Waals surface area contributed by atoms with Crippen LogP contribution in [0, 0.1) is 28.6 Å². The molecule has 1 aliphatic heterocycles. The molecule has 5 N–H and O–H groups in total. The van der Waals surface area contributed by atoms with Gasteiger partial charge in [-0.2, -0.15) is 14.9 Å². The summed E-state index contributed by atoms with van der Waals surface area (Å²) in [7, 11) is 0. The quantitative estimate of drug-likeness (QED) is 0.120. The number of benzene rings is 2. The van der Waals surface area contributed by atoms with Gasteiger partial charge in [-0.15, -0.1) is 5.53 Å². The van der Waals surface area contributed by atoms with E-state index in [0.29, 0.717) is 35.1 Å². The van der Waals surface area contributed by atoms with Gasteiger partial charge >= 0.3 is 0 Å². The Morgan fingerprint density at radius 3 is 2.70 bits per heavy atom. The first kappa shape index (κ1) is 28.2. The second kappa shape index (κ2) is 11.7. The van der Waals surface area contributed by atoms with Gasteiger partial charge in [-0.3, -0.25) is 9.99 Å². The molecule has 0 amide bonds. The van der Waals surface area contributed by atoms with E-state index >= 15 is 4.39 Å². The Labute approximate surface area is 252 Å². The number of nitriles is 2. The Morgan fingerprint density at radius 2 is 1.98 bits per heavy atom. The van der Waals surface area contributed by atoms with Crippen molar-refractivity contribution >= 4 is 33.9 Å². The zero-order valence-electron chi connectivity index (χ0n) is 22.9. The van der Waals surface area contributed by atoms with Crippen LogP contribution in [0.2, 0.25) is 5.02 Å². The molecule has 6 rings (SSSR count). The number of aliphatic hydroxyl groups is 1. The number of pyridine rings is 2. The highest BCUT2D eigenvalue weighted by Gasteiger charge is 2.42. The molecule has 10 nitrogen and oxygen atoms in total. The van der Waals surface area contributed by atoms with Crippen molar-refractivity contribution in [2.24, 2.45) is 0 Å². The van der Waals surface area contributed by atoms with Crippen molar-refractivity contribution in [1.29, 1.82) is 10.5 Å². The summed E-state index contributed by atoms with van der Waals surface area (Å²) >= 11 is 6.73. The van der Waals surface area contributed by atoms with Crippen LogP contribution in [0.25, 0.3) is 10.9 Å². The molecule has 4 aromatic rings. The van der Waals surface area contributed by atoms with E-state index in [2.05, 4.69) is 43.7 Å². The third-order valence-corrected chi connectivity index (χ3v) is 7.79. The summed E-state index contributed by atoms with van der Waals surface area (Å²) in [4.78, 5) is 8.18. The summed E-state index contributed by atoms with van der Waals surface area (Å²) < 4.78 is 15.1. The standard InChI is InChI=1S/C31H27ClFN9O/c32-25-15-21(39-31(43,24-8-5-13-36-30(24)33)27-18-42(41-40-27)22-10-11-22)14-23-28(20(16-35)17-37-29(23)25)38-26(9-4-12-34)19-6-2-1-3-7-19/h1-3,5-8,13-15,17-18,22,26,39-41,43H,4,9-11H2,(H,37,38)/t26-,31?/m1/s1. The molecule has 43 heavy (non-hydrogen) atoms. The minimum atomic E-state index is -2.08. The Kier molecular flexibility index (Phi) is 7.70. The van der Waals surface area contributed by atoms with Gasteiger partial charge in [0.2, 0.25) is 11.7 Å². The van der Waals surface area contributed by atoms with Gasteiger partial charge in [0, 0.05) is 42.1 Å². The van der Waals surface area contributed by atoms with E-state index in [1.54, 1.807) is 18.3 Å². The summed E-state index contributed by atoms with van der Waals surface area (Å²) in [6, 6.07) is 20.3. The Hall–Kier alpha value is -4.94. The van der Waals surface area contributed by atoms with Crippen LogP contribution < -0.4 is 21.6 Å². The predicted octanol–water partition coefficient (Wildman–Crippen LogP) is 5.34. The Bertz CT molecular complexity index is 1780. The van der Waals surface area contributed by atoms with Crippen molar-refractivity contribution in [3.63, 3.8) is 0 Å². The minimum absolute atomic E-state index is 0.104. The molecule has 0 saturated heterocycles. The first-order valence-electron chi connectivity index (χ1n) is 13.8. The van der Waals surface area contributed by atoms with E-state index in [1.165, 1.54) is 24.5 Å². The number of halogens is 2. The highest BCUT2D eigenvalue weighted by atomic mass is 35.5. The monoisotopic (exact) mass is 595 g/mol. The van der Waals surface area contributed by atoms with Crippen molar-refractivity contribution in [1.82, 2.24) is 25.9 Å². The number of aromatic nitrogens is 2. The van der Waals surface area contributed by atoms with Crippen molar-refractivity contribution < 1.29 is 9.50 Å². The van der Waals surface area contributed by atoms with Gasteiger partial charge in [0.25, 0.3) is 0 Å². The van der Waals surface area contributed by atoms with Crippen LogP contribution in [0.4, 0.5) is 15.8 Å². The lowest BCUT2D eigenvalue weighted by Crippen LogP contribution is -2.45. The van der Waals surface area contributed by atoms with E-state index in [-0.39, 0.29) is 33.9 Å². The van der Waals surface area contributed by atoms with Crippen molar-refractivity contribution in [2.75, 3.05) is 10.6 Å². The maximum absolute atomic E-state index is 15.1. The topological polar surface area (TPSA) is 145 Å². The molecular formula is C31H27ClFN9O. The number of nitrogens with zero attached hydrogens (tertiary/aromatic N) is 5. The van der Waals surface area contributed by atoms with Gasteiger partial charge in [-0.1, -0.05) is 41.9 Å².